The van der Waals surface area contributed by atoms with Gasteiger partial charge in [0.2, 0.25) is 5.91 Å². The fraction of sp³-hybridized carbons (Fsp3) is 0.533. The number of carbonyl (C=O) groups excluding carboxylic acids is 1. The normalized spacial score (nSPS) is 10.9. The molecule has 1 N–H and O–H groups in total. The molecule has 0 aromatic heterocycles. The molecule has 1 amide bonds. The van der Waals surface area contributed by atoms with Crippen LogP contribution >= 0.6 is 0 Å². The maximum absolute atomic E-state index is 11.5. The Bertz CT molecular complexity index is 357. The van der Waals surface area contributed by atoms with E-state index < -0.39 is 0 Å². The van der Waals surface area contributed by atoms with Crippen LogP contribution in [-0.2, 0) is 11.3 Å². The molecule has 2 nitrogen and oxygen atoms in total. The average molecular weight is 235 g/mol. The van der Waals surface area contributed by atoms with Crippen LogP contribution in [0.25, 0.3) is 0 Å². The molecule has 0 radical (unpaired) electrons. The maximum Gasteiger partial charge on any atom is 0.220 e. The van der Waals surface area contributed by atoms with Crippen molar-refractivity contribution in [1.82, 2.24) is 5.32 Å². The van der Waals surface area contributed by atoms with Crippen LogP contribution in [0.5, 0.6) is 0 Å². The molecule has 1 aromatic rings. The van der Waals surface area contributed by atoms with Gasteiger partial charge < -0.3 is 5.32 Å². The highest BCUT2D eigenvalue weighted by Crippen LogP contribution is 2.14. The Labute approximate surface area is 106 Å². The van der Waals surface area contributed by atoms with E-state index in [2.05, 4.69) is 57.3 Å². The number of hydrogen-bond acceptors (Lipinski definition) is 1. The van der Waals surface area contributed by atoms with Crippen molar-refractivity contribution in [2.24, 2.45) is 5.92 Å². The van der Waals surface area contributed by atoms with Crippen LogP contribution in [-0.4, -0.2) is 5.91 Å². The highest BCUT2D eigenvalue weighted by Gasteiger charge is 2.04. The second-order valence-electron chi connectivity index (χ2n) is 5.27. The van der Waals surface area contributed by atoms with Gasteiger partial charge in [0.1, 0.15) is 0 Å². The number of hydrogen-bond donors (Lipinski definition) is 1. The fourth-order valence-electron chi connectivity index (χ4n) is 1.66. The van der Waals surface area contributed by atoms with Gasteiger partial charge in [-0.1, -0.05) is 52.0 Å². The molecule has 17 heavy (non-hydrogen) atoms. The van der Waals surface area contributed by atoms with Crippen molar-refractivity contribution in [3.05, 3.63) is 35.4 Å². The summed E-state index contributed by atoms with van der Waals surface area (Å²) in [5.74, 6) is 1.10. The quantitative estimate of drug-likeness (QED) is 0.828. The Morgan fingerprint density at radius 1 is 1.18 bits per heavy atom. The SMILES string of the molecule is CC(C)CC(=O)NCc1ccc(C(C)C)cc1.[HH]. The highest BCUT2D eigenvalue weighted by molar-refractivity contribution is 5.76. The minimum atomic E-state index is 0. The van der Waals surface area contributed by atoms with Gasteiger partial charge in [0.05, 0.1) is 0 Å². The number of nitrogens with one attached hydrogen (secondary N) is 1. The van der Waals surface area contributed by atoms with Gasteiger partial charge in [0.15, 0.2) is 0 Å². The Kier molecular flexibility index (Phi) is 5.20. The maximum atomic E-state index is 11.5. The Morgan fingerprint density at radius 2 is 1.76 bits per heavy atom. The molecule has 2 heteroatoms. The first kappa shape index (κ1) is 13.8. The van der Waals surface area contributed by atoms with Crippen molar-refractivity contribution >= 4 is 5.91 Å². The monoisotopic (exact) mass is 235 g/mol. The molecule has 0 aliphatic heterocycles. The first-order valence-electron chi connectivity index (χ1n) is 6.34. The zero-order valence-electron chi connectivity index (χ0n) is 11.3. The number of amides is 1. The topological polar surface area (TPSA) is 29.1 Å². The smallest absolute Gasteiger partial charge is 0.220 e. The molecule has 0 spiro atoms. The number of benzene rings is 1. The van der Waals surface area contributed by atoms with Gasteiger partial charge in [-0.05, 0) is 23.0 Å². The third-order valence-corrected chi connectivity index (χ3v) is 2.73. The van der Waals surface area contributed by atoms with Gasteiger partial charge in [-0.15, -0.1) is 0 Å². The molecule has 0 atom stereocenters. The number of rotatable bonds is 5. The molecule has 96 valence electrons. The van der Waals surface area contributed by atoms with E-state index in [1.165, 1.54) is 5.56 Å². The van der Waals surface area contributed by atoms with Crippen LogP contribution < -0.4 is 5.32 Å². The second kappa shape index (κ2) is 6.43. The van der Waals surface area contributed by atoms with Crippen molar-refractivity contribution < 1.29 is 6.22 Å². The van der Waals surface area contributed by atoms with E-state index in [1.54, 1.807) is 0 Å². The zero-order valence-corrected chi connectivity index (χ0v) is 11.3. The van der Waals surface area contributed by atoms with Gasteiger partial charge in [-0.3, -0.25) is 4.79 Å². The molecular formula is C15H25NO. The van der Waals surface area contributed by atoms with Gasteiger partial charge in [-0.25, -0.2) is 0 Å². The standard InChI is InChI=1S/C15H23NO.H2/c1-11(2)9-15(17)16-10-13-5-7-14(8-6-13)12(3)4;/h5-8,11-12H,9-10H2,1-4H3,(H,16,17);1H. The van der Waals surface area contributed by atoms with Crippen molar-refractivity contribution in [1.29, 1.82) is 0 Å². The van der Waals surface area contributed by atoms with Gasteiger partial charge >= 0.3 is 0 Å². The van der Waals surface area contributed by atoms with E-state index in [1.807, 2.05) is 0 Å². The van der Waals surface area contributed by atoms with Crippen molar-refractivity contribution in [3.8, 4) is 0 Å². The van der Waals surface area contributed by atoms with Crippen LogP contribution in [0.2, 0.25) is 0 Å². The fourth-order valence-corrected chi connectivity index (χ4v) is 1.66. The minimum absolute atomic E-state index is 0. The molecule has 0 heterocycles. The predicted molar refractivity (Wildman–Crippen MR) is 73.9 cm³/mol. The van der Waals surface area contributed by atoms with E-state index in [0.29, 0.717) is 24.8 Å². The summed E-state index contributed by atoms with van der Waals surface area (Å²) in [7, 11) is 0. The minimum Gasteiger partial charge on any atom is -0.352 e. The zero-order chi connectivity index (χ0) is 12.8. The van der Waals surface area contributed by atoms with Crippen LogP contribution in [0, 0.1) is 5.92 Å². The first-order chi connectivity index (χ1) is 7.99. The predicted octanol–water partition coefficient (Wildman–Crippen LogP) is 3.72. The summed E-state index contributed by atoms with van der Waals surface area (Å²) in [6.07, 6.45) is 0.601. The third-order valence-electron chi connectivity index (χ3n) is 2.73. The summed E-state index contributed by atoms with van der Waals surface area (Å²) in [5.41, 5.74) is 2.49. The van der Waals surface area contributed by atoms with Crippen LogP contribution in [0.1, 0.15) is 52.6 Å². The molecule has 1 aromatic carbocycles. The summed E-state index contributed by atoms with van der Waals surface area (Å²) in [6.45, 7) is 9.09. The largest absolute Gasteiger partial charge is 0.352 e. The van der Waals surface area contributed by atoms with E-state index in [4.69, 9.17) is 0 Å². The summed E-state index contributed by atoms with van der Waals surface area (Å²) < 4.78 is 0. The van der Waals surface area contributed by atoms with E-state index in [-0.39, 0.29) is 7.33 Å². The van der Waals surface area contributed by atoms with Crippen LogP contribution in [0.15, 0.2) is 24.3 Å². The molecular weight excluding hydrogens is 210 g/mol. The molecule has 0 aliphatic carbocycles. The lowest BCUT2D eigenvalue weighted by molar-refractivity contribution is -0.121. The lowest BCUT2D eigenvalue weighted by atomic mass is 10.0. The summed E-state index contributed by atoms with van der Waals surface area (Å²) in [5, 5.41) is 2.94. The molecule has 0 saturated carbocycles. The van der Waals surface area contributed by atoms with E-state index >= 15 is 0 Å². The molecule has 1 rings (SSSR count). The Hall–Kier alpha value is -1.31. The first-order valence-corrected chi connectivity index (χ1v) is 6.34. The van der Waals surface area contributed by atoms with Crippen molar-refractivity contribution in [2.45, 2.75) is 46.6 Å². The van der Waals surface area contributed by atoms with Gasteiger partial charge in [0, 0.05) is 14.4 Å². The summed E-state index contributed by atoms with van der Waals surface area (Å²) in [6, 6.07) is 8.44. The van der Waals surface area contributed by atoms with Crippen LogP contribution in [0.4, 0.5) is 0 Å². The Balaban J connectivity index is 0.00000289. The molecule has 0 bridgehead atoms. The highest BCUT2D eigenvalue weighted by atomic mass is 16.1. The van der Waals surface area contributed by atoms with Gasteiger partial charge in [0.25, 0.3) is 0 Å². The van der Waals surface area contributed by atoms with Crippen LogP contribution in [0.3, 0.4) is 0 Å². The summed E-state index contributed by atoms with van der Waals surface area (Å²) in [4.78, 5) is 11.5. The number of carbonyl (C=O) groups is 1. The molecule has 0 aliphatic rings. The molecule has 0 saturated heterocycles. The van der Waals surface area contributed by atoms with Crippen molar-refractivity contribution in [2.75, 3.05) is 0 Å². The van der Waals surface area contributed by atoms with E-state index in [9.17, 15) is 4.79 Å². The third kappa shape index (κ3) is 5.03. The lowest BCUT2D eigenvalue weighted by Crippen LogP contribution is -2.23. The molecule has 0 fully saturated rings. The van der Waals surface area contributed by atoms with E-state index in [0.717, 1.165) is 5.56 Å². The molecule has 0 unspecified atom stereocenters. The summed E-state index contributed by atoms with van der Waals surface area (Å²) >= 11 is 0. The van der Waals surface area contributed by atoms with Gasteiger partial charge in [-0.2, -0.15) is 0 Å². The average Bonchev–Trinajstić information content (AvgIpc) is 2.26. The van der Waals surface area contributed by atoms with Crippen molar-refractivity contribution in [3.63, 3.8) is 0 Å². The lowest BCUT2D eigenvalue weighted by Gasteiger charge is -2.09. The Morgan fingerprint density at radius 3 is 2.24 bits per heavy atom. The second-order valence-corrected chi connectivity index (χ2v) is 5.27.